The van der Waals surface area contributed by atoms with Crippen molar-refractivity contribution in [1.29, 1.82) is 0 Å². The number of para-hydroxylation sites is 1. The van der Waals surface area contributed by atoms with Crippen molar-refractivity contribution in [1.82, 2.24) is 9.78 Å². The van der Waals surface area contributed by atoms with Gasteiger partial charge in [-0.3, -0.25) is 14.6 Å². The lowest BCUT2D eigenvalue weighted by Gasteiger charge is -2.34. The number of carbonyl (C=O) groups excluding carboxylic acids is 1. The van der Waals surface area contributed by atoms with Gasteiger partial charge in [0.25, 0.3) is 11.5 Å². The molecule has 2 fully saturated rings. The van der Waals surface area contributed by atoms with E-state index in [1.165, 1.54) is 12.1 Å². The van der Waals surface area contributed by atoms with E-state index in [0.29, 0.717) is 36.7 Å². The Morgan fingerprint density at radius 3 is 2.50 bits per heavy atom. The van der Waals surface area contributed by atoms with E-state index in [1.807, 2.05) is 18.0 Å². The minimum absolute atomic E-state index is 0.0170. The van der Waals surface area contributed by atoms with Crippen molar-refractivity contribution < 1.29 is 18.3 Å². The molecule has 0 unspecified atom stereocenters. The van der Waals surface area contributed by atoms with Gasteiger partial charge in [0.2, 0.25) is 0 Å². The van der Waals surface area contributed by atoms with Crippen LogP contribution in [0.4, 0.5) is 25.8 Å². The molecule has 12 heteroatoms. The molecule has 40 heavy (non-hydrogen) atoms. The molecule has 3 N–H and O–H groups in total. The number of nitrogens with zero attached hydrogens (tertiary/aromatic N) is 5. The molecule has 2 aliphatic rings. The zero-order valence-corrected chi connectivity index (χ0v) is 22.1. The summed E-state index contributed by atoms with van der Waals surface area (Å²) in [6.07, 6.45) is 2.41. The molecule has 210 valence electrons. The Bertz CT molecular complexity index is 1470. The molecule has 0 radical (unpaired) electrons. The van der Waals surface area contributed by atoms with Gasteiger partial charge >= 0.3 is 0 Å². The van der Waals surface area contributed by atoms with Gasteiger partial charge < -0.3 is 20.7 Å². The van der Waals surface area contributed by atoms with Crippen molar-refractivity contribution in [2.24, 2.45) is 10.8 Å². The standard InChI is InChI=1S/C28H31F2N7O3/c1-17-24(36(32-2)19-11-14-40-15-12-19)8-6-22(26(17)35-13-10-18(31)16-35)33-28(39)23-7-9-25(38)37(34-23)27-20(29)4-3-5-21(27)30/h3-9,18-19H,2,10-16,31H2,1H3,(H,33,39)/t18-/m1/s1. The lowest BCUT2D eigenvalue weighted by Crippen LogP contribution is -2.36. The number of amides is 1. The SMILES string of the molecule is C=NN(c1ccc(NC(=O)c2ccc(=O)n(-c3c(F)cccc3F)n2)c(N2CC[C@@H](N)C2)c1C)C1CCOCC1. The summed E-state index contributed by atoms with van der Waals surface area (Å²) < 4.78 is 34.8. The van der Waals surface area contributed by atoms with Gasteiger partial charge in [-0.2, -0.15) is 14.9 Å². The maximum Gasteiger partial charge on any atom is 0.276 e. The Morgan fingerprint density at radius 1 is 1.12 bits per heavy atom. The van der Waals surface area contributed by atoms with Crippen LogP contribution in [0.25, 0.3) is 5.69 Å². The van der Waals surface area contributed by atoms with Gasteiger partial charge in [-0.15, -0.1) is 0 Å². The first-order valence-corrected chi connectivity index (χ1v) is 13.1. The Kier molecular flexibility index (Phi) is 7.90. The highest BCUT2D eigenvalue weighted by atomic mass is 19.1. The molecule has 2 saturated heterocycles. The van der Waals surface area contributed by atoms with E-state index >= 15 is 0 Å². The Morgan fingerprint density at radius 2 is 1.85 bits per heavy atom. The van der Waals surface area contributed by atoms with E-state index in [1.54, 1.807) is 6.07 Å². The summed E-state index contributed by atoms with van der Waals surface area (Å²) >= 11 is 0. The minimum atomic E-state index is -0.976. The Hall–Kier alpha value is -4.16. The van der Waals surface area contributed by atoms with Crippen LogP contribution in [-0.4, -0.2) is 60.8 Å². The average molecular weight is 552 g/mol. The summed E-state index contributed by atoms with van der Waals surface area (Å²) in [5.74, 6) is -2.60. The summed E-state index contributed by atoms with van der Waals surface area (Å²) in [6.45, 7) is 8.34. The second-order valence-electron chi connectivity index (χ2n) is 9.92. The molecule has 0 aliphatic carbocycles. The van der Waals surface area contributed by atoms with E-state index in [9.17, 15) is 18.4 Å². The zero-order valence-electron chi connectivity index (χ0n) is 22.1. The number of nitrogens with two attached hydrogens (primary N) is 1. The number of ether oxygens (including phenoxy) is 1. The average Bonchev–Trinajstić information content (AvgIpc) is 3.37. The maximum absolute atomic E-state index is 14.4. The van der Waals surface area contributed by atoms with Crippen LogP contribution >= 0.6 is 0 Å². The number of nitrogens with one attached hydrogen (secondary N) is 1. The lowest BCUT2D eigenvalue weighted by molar-refractivity contribution is 0.0846. The van der Waals surface area contributed by atoms with Gasteiger partial charge in [0.05, 0.1) is 23.1 Å². The van der Waals surface area contributed by atoms with Crippen LogP contribution in [0.5, 0.6) is 0 Å². The van der Waals surface area contributed by atoms with E-state index in [-0.39, 0.29) is 17.8 Å². The van der Waals surface area contributed by atoms with Crippen LogP contribution in [0.3, 0.4) is 0 Å². The van der Waals surface area contributed by atoms with Crippen molar-refractivity contribution in [2.75, 3.05) is 41.5 Å². The number of halogens is 2. The first-order chi connectivity index (χ1) is 19.3. The number of benzene rings is 2. The highest BCUT2D eigenvalue weighted by Gasteiger charge is 2.29. The van der Waals surface area contributed by atoms with E-state index in [4.69, 9.17) is 10.5 Å². The molecular weight excluding hydrogens is 520 g/mol. The summed E-state index contributed by atoms with van der Waals surface area (Å²) in [6, 6.07) is 9.23. The highest BCUT2D eigenvalue weighted by molar-refractivity contribution is 6.05. The van der Waals surface area contributed by atoms with Crippen molar-refractivity contribution in [3.8, 4) is 5.69 Å². The first kappa shape index (κ1) is 27.4. The highest BCUT2D eigenvalue weighted by Crippen LogP contribution is 2.39. The van der Waals surface area contributed by atoms with Gasteiger partial charge in [0.15, 0.2) is 11.6 Å². The fourth-order valence-electron chi connectivity index (χ4n) is 5.32. The third-order valence-electron chi connectivity index (χ3n) is 7.31. The first-order valence-electron chi connectivity index (χ1n) is 13.1. The van der Waals surface area contributed by atoms with Crippen molar-refractivity contribution in [3.05, 3.63) is 75.7 Å². The number of hydrogen-bond acceptors (Lipinski definition) is 8. The second-order valence-corrected chi connectivity index (χ2v) is 9.92. The summed E-state index contributed by atoms with van der Waals surface area (Å²) in [5, 5.41) is 13.1. The number of hydrogen-bond donors (Lipinski definition) is 2. The molecule has 3 heterocycles. The lowest BCUT2D eigenvalue weighted by atomic mass is 10.0. The van der Waals surface area contributed by atoms with Gasteiger partial charge in [0, 0.05) is 45.1 Å². The molecule has 2 aromatic carbocycles. The summed E-state index contributed by atoms with van der Waals surface area (Å²) in [7, 11) is 0. The fraction of sp³-hybridized carbons (Fsp3) is 0.357. The quantitative estimate of drug-likeness (QED) is 0.342. The monoisotopic (exact) mass is 551 g/mol. The topological polar surface area (TPSA) is 118 Å². The van der Waals surface area contributed by atoms with Crippen LogP contribution in [0.2, 0.25) is 0 Å². The molecule has 3 aromatic rings. The van der Waals surface area contributed by atoms with Crippen LogP contribution in [0.1, 0.15) is 35.3 Å². The molecule has 10 nitrogen and oxygen atoms in total. The van der Waals surface area contributed by atoms with Crippen LogP contribution in [0.15, 0.2) is 52.4 Å². The summed E-state index contributed by atoms with van der Waals surface area (Å²) in [4.78, 5) is 27.9. The van der Waals surface area contributed by atoms with Gasteiger partial charge in [-0.05, 0) is 62.1 Å². The summed E-state index contributed by atoms with van der Waals surface area (Å²) in [5.41, 5.74) is 7.63. The van der Waals surface area contributed by atoms with Crippen LogP contribution in [-0.2, 0) is 4.74 Å². The largest absolute Gasteiger partial charge is 0.381 e. The molecule has 0 spiro atoms. The number of hydrazone groups is 1. The predicted octanol–water partition coefficient (Wildman–Crippen LogP) is 3.21. The molecule has 0 bridgehead atoms. The third-order valence-corrected chi connectivity index (χ3v) is 7.31. The van der Waals surface area contributed by atoms with Gasteiger partial charge in [0.1, 0.15) is 11.4 Å². The smallest absolute Gasteiger partial charge is 0.276 e. The second kappa shape index (κ2) is 11.5. The molecule has 1 amide bonds. The number of rotatable bonds is 7. The molecule has 1 atom stereocenters. The molecule has 0 saturated carbocycles. The Labute approximate surface area is 230 Å². The zero-order chi connectivity index (χ0) is 28.4. The normalized spacial score (nSPS) is 17.6. The van der Waals surface area contributed by atoms with Gasteiger partial charge in [-0.1, -0.05) is 6.07 Å². The molecule has 5 rings (SSSR count). The van der Waals surface area contributed by atoms with Crippen molar-refractivity contribution in [3.63, 3.8) is 0 Å². The predicted molar refractivity (Wildman–Crippen MR) is 150 cm³/mol. The van der Waals surface area contributed by atoms with Crippen molar-refractivity contribution >= 4 is 29.7 Å². The van der Waals surface area contributed by atoms with E-state index in [0.717, 1.165) is 54.4 Å². The fourth-order valence-corrected chi connectivity index (χ4v) is 5.32. The third kappa shape index (κ3) is 5.32. The van der Waals surface area contributed by atoms with E-state index in [2.05, 4.69) is 27.1 Å². The molecular formula is C28H31F2N7O3. The number of aromatic nitrogens is 2. The molecule has 1 aromatic heterocycles. The number of anilines is 3. The minimum Gasteiger partial charge on any atom is -0.381 e. The maximum atomic E-state index is 14.4. The molecule has 2 aliphatic heterocycles. The Balaban J connectivity index is 1.51. The van der Waals surface area contributed by atoms with Crippen LogP contribution in [0, 0.1) is 18.6 Å². The van der Waals surface area contributed by atoms with Crippen LogP contribution < -0.4 is 26.5 Å². The number of carbonyl (C=O) groups is 1. The van der Waals surface area contributed by atoms with Gasteiger partial charge in [-0.25, -0.2) is 8.78 Å². The van der Waals surface area contributed by atoms with Crippen molar-refractivity contribution in [2.45, 2.75) is 38.3 Å². The van der Waals surface area contributed by atoms with E-state index < -0.39 is 28.8 Å².